The number of unbranched alkanes of at least 4 members (excludes halogenated alkanes) is 2. The second-order valence-corrected chi connectivity index (χ2v) is 10.1. The predicted molar refractivity (Wildman–Crippen MR) is 92.9 cm³/mol. The number of aryl methyl sites for hydroxylation is 1. The van der Waals surface area contributed by atoms with Gasteiger partial charge in [-0.3, -0.25) is 14.1 Å². The zero-order chi connectivity index (χ0) is 19.1. The summed E-state index contributed by atoms with van der Waals surface area (Å²) in [6.45, 7) is 0.535. The maximum Gasteiger partial charge on any atom is 0.369 e. The number of hydrogen-bond acceptors (Lipinski definition) is 5. The van der Waals surface area contributed by atoms with Crippen molar-refractivity contribution >= 4 is 15.2 Å². The minimum absolute atomic E-state index is 0.0486. The highest BCUT2D eigenvalue weighted by molar-refractivity contribution is 7.72. The van der Waals surface area contributed by atoms with Gasteiger partial charge >= 0.3 is 15.2 Å². The summed E-state index contributed by atoms with van der Waals surface area (Å²) in [6, 6.07) is 5.74. The van der Waals surface area contributed by atoms with E-state index in [1.165, 1.54) is 0 Å². The number of nitrogens with zero attached hydrogens (tertiary/aromatic N) is 2. The maximum atomic E-state index is 11.3. The van der Waals surface area contributed by atoms with Gasteiger partial charge in [0.15, 0.2) is 0 Å². The van der Waals surface area contributed by atoms with Gasteiger partial charge in [0, 0.05) is 24.9 Å². The van der Waals surface area contributed by atoms with Gasteiger partial charge in [0.2, 0.25) is 0 Å². The molecule has 5 N–H and O–H groups in total. The molecule has 0 saturated heterocycles. The van der Waals surface area contributed by atoms with E-state index in [1.54, 1.807) is 18.1 Å². The minimum atomic E-state index is -5.38. The zero-order valence-electron chi connectivity index (χ0n) is 14.1. The SMILES string of the molecule is CN(CCCCCc1ccccn1)CCC(O)(P(=O)(O)O)P(=O)(O)O. The first-order chi connectivity index (χ1) is 11.5. The Bertz CT molecular complexity index is 595. The molecule has 9 nitrogen and oxygen atoms in total. The van der Waals surface area contributed by atoms with Crippen molar-refractivity contribution < 1.29 is 33.8 Å². The van der Waals surface area contributed by atoms with Gasteiger partial charge in [0.25, 0.3) is 5.08 Å². The van der Waals surface area contributed by atoms with E-state index in [2.05, 4.69) is 4.98 Å². The monoisotopic (exact) mass is 396 g/mol. The topological polar surface area (TPSA) is 151 Å². The Hall–Kier alpha value is -0.630. The first-order valence-corrected chi connectivity index (χ1v) is 11.1. The molecule has 144 valence electrons. The second-order valence-electron chi connectivity index (χ2n) is 6.05. The van der Waals surface area contributed by atoms with Gasteiger partial charge in [-0.2, -0.15) is 0 Å². The van der Waals surface area contributed by atoms with Crippen LogP contribution >= 0.6 is 15.2 Å². The molecule has 0 unspecified atom stereocenters. The van der Waals surface area contributed by atoms with Crippen molar-refractivity contribution in [3.63, 3.8) is 0 Å². The van der Waals surface area contributed by atoms with Crippen LogP contribution in [0.4, 0.5) is 0 Å². The Morgan fingerprint density at radius 1 is 1.04 bits per heavy atom. The Labute approximate surface area is 147 Å². The lowest BCUT2D eigenvalue weighted by molar-refractivity contribution is 0.112. The molecule has 0 aromatic carbocycles. The van der Waals surface area contributed by atoms with E-state index in [-0.39, 0.29) is 6.54 Å². The van der Waals surface area contributed by atoms with Crippen LogP contribution in [0.2, 0.25) is 0 Å². The molecule has 0 radical (unpaired) electrons. The molecule has 11 heteroatoms. The van der Waals surface area contributed by atoms with Crippen molar-refractivity contribution in [1.82, 2.24) is 9.88 Å². The number of hydrogen-bond donors (Lipinski definition) is 5. The fourth-order valence-corrected chi connectivity index (χ4v) is 4.46. The van der Waals surface area contributed by atoms with E-state index >= 15 is 0 Å². The van der Waals surface area contributed by atoms with Crippen LogP contribution < -0.4 is 0 Å². The van der Waals surface area contributed by atoms with Crippen LogP contribution in [-0.4, -0.2) is 59.8 Å². The standard InChI is InChI=1S/C14H26N2O7P2/c1-16(11-6-2-3-7-13-8-4-5-10-15-13)12-9-14(17,24(18,19)20)25(21,22)23/h4-5,8,10,17H,2-3,6-7,9,11-12H2,1H3,(H2,18,19,20)(H2,21,22,23). The quantitative estimate of drug-likeness (QED) is 0.274. The number of rotatable bonds is 11. The van der Waals surface area contributed by atoms with Crippen LogP contribution in [0.25, 0.3) is 0 Å². The van der Waals surface area contributed by atoms with Gasteiger partial charge in [-0.25, -0.2) is 0 Å². The van der Waals surface area contributed by atoms with E-state index in [1.807, 2.05) is 18.2 Å². The molecule has 1 aromatic heterocycles. The third kappa shape index (κ3) is 6.89. The van der Waals surface area contributed by atoms with E-state index in [4.69, 9.17) is 19.6 Å². The summed E-state index contributed by atoms with van der Waals surface area (Å²) in [4.78, 5) is 42.2. The highest BCUT2D eigenvalue weighted by atomic mass is 31.2. The van der Waals surface area contributed by atoms with Crippen molar-refractivity contribution in [2.45, 2.75) is 37.2 Å². The largest absolute Gasteiger partial charge is 0.369 e. The maximum absolute atomic E-state index is 11.3. The van der Waals surface area contributed by atoms with Gasteiger partial charge < -0.3 is 29.6 Å². The molecule has 0 saturated carbocycles. The molecular formula is C14H26N2O7P2. The summed E-state index contributed by atoms with van der Waals surface area (Å²) in [5.74, 6) is 0. The Morgan fingerprint density at radius 2 is 1.68 bits per heavy atom. The molecule has 0 amide bonds. The second kappa shape index (κ2) is 9.35. The lowest BCUT2D eigenvalue weighted by atomic mass is 10.1. The lowest BCUT2D eigenvalue weighted by Gasteiger charge is -2.30. The van der Waals surface area contributed by atoms with Crippen molar-refractivity contribution in [2.75, 3.05) is 20.1 Å². The molecule has 0 spiro atoms. The van der Waals surface area contributed by atoms with E-state index in [0.717, 1.165) is 31.4 Å². The molecule has 0 atom stereocenters. The van der Waals surface area contributed by atoms with Gasteiger partial charge in [-0.05, 0) is 45.0 Å². The summed E-state index contributed by atoms with van der Waals surface area (Å²) < 4.78 is 22.5. The highest BCUT2D eigenvalue weighted by Crippen LogP contribution is 2.68. The summed E-state index contributed by atoms with van der Waals surface area (Å²) >= 11 is 0. The van der Waals surface area contributed by atoms with Crippen LogP contribution in [0, 0.1) is 0 Å². The summed E-state index contributed by atoms with van der Waals surface area (Å²) in [7, 11) is -9.09. The lowest BCUT2D eigenvalue weighted by Crippen LogP contribution is -2.34. The average molecular weight is 396 g/mol. The molecule has 1 heterocycles. The Balaban J connectivity index is 2.35. The molecule has 0 fully saturated rings. The van der Waals surface area contributed by atoms with Crippen LogP contribution in [0.1, 0.15) is 31.4 Å². The third-order valence-electron chi connectivity index (χ3n) is 3.96. The van der Waals surface area contributed by atoms with Crippen molar-refractivity contribution in [1.29, 1.82) is 0 Å². The van der Waals surface area contributed by atoms with E-state index in [9.17, 15) is 14.2 Å². The Kier molecular flexibility index (Phi) is 8.38. The summed E-state index contributed by atoms with van der Waals surface area (Å²) in [6.07, 6.45) is 4.56. The van der Waals surface area contributed by atoms with E-state index < -0.39 is 26.7 Å². The molecule has 1 rings (SSSR count). The minimum Gasteiger partial charge on any atom is -0.367 e. The fourth-order valence-electron chi connectivity index (χ4n) is 2.32. The number of aromatic nitrogens is 1. The Morgan fingerprint density at radius 3 is 2.20 bits per heavy atom. The van der Waals surface area contributed by atoms with Gasteiger partial charge in [0.05, 0.1) is 0 Å². The van der Waals surface area contributed by atoms with Gasteiger partial charge in [-0.1, -0.05) is 12.5 Å². The number of aliphatic hydroxyl groups is 1. The molecule has 25 heavy (non-hydrogen) atoms. The summed E-state index contributed by atoms with van der Waals surface area (Å²) in [5, 5.41) is 6.47. The van der Waals surface area contributed by atoms with Gasteiger partial charge in [-0.15, -0.1) is 0 Å². The first kappa shape index (κ1) is 22.4. The molecule has 0 aliphatic carbocycles. The molecular weight excluding hydrogens is 370 g/mol. The van der Waals surface area contributed by atoms with Crippen LogP contribution in [0.5, 0.6) is 0 Å². The van der Waals surface area contributed by atoms with E-state index in [0.29, 0.717) is 6.54 Å². The first-order valence-electron chi connectivity index (χ1n) is 7.89. The highest BCUT2D eigenvalue weighted by Gasteiger charge is 2.58. The van der Waals surface area contributed by atoms with Crippen LogP contribution in [-0.2, 0) is 15.6 Å². The molecule has 1 aromatic rings. The zero-order valence-corrected chi connectivity index (χ0v) is 15.9. The normalized spacial score (nSPS) is 13.4. The van der Waals surface area contributed by atoms with Crippen molar-refractivity contribution in [3.05, 3.63) is 30.1 Å². The fraction of sp³-hybridized carbons (Fsp3) is 0.643. The van der Waals surface area contributed by atoms with Crippen molar-refractivity contribution in [2.24, 2.45) is 0 Å². The molecule has 0 aliphatic heterocycles. The predicted octanol–water partition coefficient (Wildman–Crippen LogP) is 1.12. The van der Waals surface area contributed by atoms with Crippen LogP contribution in [0.3, 0.4) is 0 Å². The molecule has 0 aliphatic rings. The van der Waals surface area contributed by atoms with Crippen LogP contribution in [0.15, 0.2) is 24.4 Å². The average Bonchev–Trinajstić information content (AvgIpc) is 2.51. The third-order valence-corrected chi connectivity index (χ3v) is 7.84. The number of pyridine rings is 1. The smallest absolute Gasteiger partial charge is 0.367 e. The molecule has 0 bridgehead atoms. The van der Waals surface area contributed by atoms with Gasteiger partial charge in [0.1, 0.15) is 0 Å². The van der Waals surface area contributed by atoms with Crippen molar-refractivity contribution in [3.8, 4) is 0 Å². The summed E-state index contributed by atoms with van der Waals surface area (Å²) in [5.41, 5.74) is 1.02.